The lowest BCUT2D eigenvalue weighted by Crippen LogP contribution is -2.17. The van der Waals surface area contributed by atoms with Crippen LogP contribution >= 0.6 is 0 Å². The van der Waals surface area contributed by atoms with Crippen molar-refractivity contribution in [1.82, 2.24) is 0 Å². The molecule has 0 spiro atoms. The Balaban J connectivity index is 1.50. The highest BCUT2D eigenvalue weighted by Crippen LogP contribution is 2.21. The van der Waals surface area contributed by atoms with E-state index in [4.69, 9.17) is 0 Å². The minimum atomic E-state index is -0.133. The summed E-state index contributed by atoms with van der Waals surface area (Å²) in [7, 11) is 0. The van der Waals surface area contributed by atoms with Gasteiger partial charge in [-0.3, -0.25) is 9.59 Å². The van der Waals surface area contributed by atoms with E-state index in [2.05, 4.69) is 39.8 Å². The molecular formula is C21H25N3O2. The van der Waals surface area contributed by atoms with Gasteiger partial charge < -0.3 is 15.5 Å². The Bertz CT molecular complexity index is 765. The average molecular weight is 351 g/mol. The standard InChI is InChI=1S/C21H25N3O2/c1-16(25)22-18-5-4-6-19(15-18)23-21(26)12-9-17-7-10-20(11-8-17)24-13-2-3-14-24/h4-8,10-11,15H,2-3,9,12-14H2,1H3,(H,22,25)(H,23,26). The molecule has 1 saturated heterocycles. The number of hydrogen-bond acceptors (Lipinski definition) is 3. The number of amides is 2. The van der Waals surface area contributed by atoms with E-state index in [1.165, 1.54) is 25.5 Å². The smallest absolute Gasteiger partial charge is 0.224 e. The number of anilines is 3. The average Bonchev–Trinajstić information content (AvgIpc) is 3.15. The predicted octanol–water partition coefficient (Wildman–Crippen LogP) is 3.82. The summed E-state index contributed by atoms with van der Waals surface area (Å²) in [5, 5.41) is 5.59. The largest absolute Gasteiger partial charge is 0.372 e. The maximum Gasteiger partial charge on any atom is 0.224 e. The molecule has 2 N–H and O–H groups in total. The molecule has 26 heavy (non-hydrogen) atoms. The Kier molecular flexibility index (Phi) is 5.89. The van der Waals surface area contributed by atoms with E-state index >= 15 is 0 Å². The Morgan fingerprint density at radius 1 is 0.962 bits per heavy atom. The lowest BCUT2D eigenvalue weighted by molar-refractivity contribution is -0.116. The van der Waals surface area contributed by atoms with Gasteiger partial charge in [0.05, 0.1) is 0 Å². The molecule has 0 atom stereocenters. The molecule has 3 rings (SSSR count). The summed E-state index contributed by atoms with van der Waals surface area (Å²) in [5.74, 6) is -0.167. The third-order valence-corrected chi connectivity index (χ3v) is 4.51. The van der Waals surface area contributed by atoms with E-state index in [-0.39, 0.29) is 11.8 Å². The topological polar surface area (TPSA) is 61.4 Å². The molecule has 0 radical (unpaired) electrons. The van der Waals surface area contributed by atoms with Crippen molar-refractivity contribution in [2.45, 2.75) is 32.6 Å². The van der Waals surface area contributed by atoms with E-state index in [0.29, 0.717) is 24.2 Å². The molecule has 1 heterocycles. The van der Waals surface area contributed by atoms with Gasteiger partial charge in [-0.2, -0.15) is 0 Å². The zero-order valence-electron chi connectivity index (χ0n) is 15.1. The molecule has 136 valence electrons. The molecule has 2 amide bonds. The van der Waals surface area contributed by atoms with Crippen LogP contribution in [0.1, 0.15) is 31.7 Å². The van der Waals surface area contributed by atoms with Crippen molar-refractivity contribution >= 4 is 28.9 Å². The van der Waals surface area contributed by atoms with E-state index in [9.17, 15) is 9.59 Å². The van der Waals surface area contributed by atoms with Crippen molar-refractivity contribution in [3.63, 3.8) is 0 Å². The summed E-state index contributed by atoms with van der Waals surface area (Å²) in [4.78, 5) is 25.7. The van der Waals surface area contributed by atoms with Crippen LogP contribution in [0.15, 0.2) is 48.5 Å². The van der Waals surface area contributed by atoms with Gasteiger partial charge in [0.25, 0.3) is 0 Å². The van der Waals surface area contributed by atoms with Crippen LogP contribution in [0, 0.1) is 0 Å². The number of rotatable bonds is 6. The van der Waals surface area contributed by atoms with Crippen molar-refractivity contribution in [2.75, 3.05) is 28.6 Å². The van der Waals surface area contributed by atoms with Crippen LogP contribution in [-0.4, -0.2) is 24.9 Å². The molecule has 0 unspecified atom stereocenters. The van der Waals surface area contributed by atoms with Crippen LogP contribution in [0.2, 0.25) is 0 Å². The van der Waals surface area contributed by atoms with Gasteiger partial charge in [-0.05, 0) is 55.2 Å². The van der Waals surface area contributed by atoms with Crippen molar-refractivity contribution in [1.29, 1.82) is 0 Å². The maximum atomic E-state index is 12.2. The second kappa shape index (κ2) is 8.52. The van der Waals surface area contributed by atoms with Gasteiger partial charge in [-0.25, -0.2) is 0 Å². The van der Waals surface area contributed by atoms with Crippen LogP contribution in [0.4, 0.5) is 17.1 Å². The number of carbonyl (C=O) groups excluding carboxylic acids is 2. The second-order valence-corrected chi connectivity index (χ2v) is 6.67. The van der Waals surface area contributed by atoms with E-state index in [1.54, 1.807) is 18.2 Å². The van der Waals surface area contributed by atoms with Crippen molar-refractivity contribution in [3.8, 4) is 0 Å². The molecule has 5 nitrogen and oxygen atoms in total. The Morgan fingerprint density at radius 2 is 1.62 bits per heavy atom. The number of aryl methyl sites for hydroxylation is 1. The molecule has 1 fully saturated rings. The first-order chi connectivity index (χ1) is 12.6. The molecule has 0 aliphatic carbocycles. The van der Waals surface area contributed by atoms with Crippen molar-refractivity contribution < 1.29 is 9.59 Å². The van der Waals surface area contributed by atoms with Gasteiger partial charge in [0, 0.05) is 43.5 Å². The molecule has 0 saturated carbocycles. The first kappa shape index (κ1) is 18.0. The molecule has 0 bridgehead atoms. The normalized spacial score (nSPS) is 13.5. The van der Waals surface area contributed by atoms with Gasteiger partial charge in [0.15, 0.2) is 0 Å². The zero-order chi connectivity index (χ0) is 18.4. The summed E-state index contributed by atoms with van der Waals surface area (Å²) >= 11 is 0. The quantitative estimate of drug-likeness (QED) is 0.832. The fraction of sp³-hybridized carbons (Fsp3) is 0.333. The maximum absolute atomic E-state index is 12.2. The van der Waals surface area contributed by atoms with Crippen LogP contribution in [0.3, 0.4) is 0 Å². The zero-order valence-corrected chi connectivity index (χ0v) is 15.1. The lowest BCUT2D eigenvalue weighted by Gasteiger charge is -2.17. The summed E-state index contributed by atoms with van der Waals surface area (Å²) in [5.41, 5.74) is 3.79. The highest BCUT2D eigenvalue weighted by molar-refractivity contribution is 5.93. The first-order valence-electron chi connectivity index (χ1n) is 9.11. The molecular weight excluding hydrogens is 326 g/mol. The molecule has 1 aliphatic heterocycles. The molecule has 2 aromatic carbocycles. The van der Waals surface area contributed by atoms with Crippen molar-refractivity contribution in [2.24, 2.45) is 0 Å². The van der Waals surface area contributed by atoms with E-state index < -0.39 is 0 Å². The van der Waals surface area contributed by atoms with Gasteiger partial charge in [0.1, 0.15) is 0 Å². The van der Waals surface area contributed by atoms with Gasteiger partial charge in [-0.15, -0.1) is 0 Å². The number of hydrogen-bond donors (Lipinski definition) is 2. The first-order valence-corrected chi connectivity index (χ1v) is 9.11. The van der Waals surface area contributed by atoms with Crippen LogP contribution in [-0.2, 0) is 16.0 Å². The van der Waals surface area contributed by atoms with Gasteiger partial charge >= 0.3 is 0 Å². The number of nitrogens with zero attached hydrogens (tertiary/aromatic N) is 1. The van der Waals surface area contributed by atoms with Crippen LogP contribution in [0.5, 0.6) is 0 Å². The molecule has 5 heteroatoms. The van der Waals surface area contributed by atoms with Crippen LogP contribution < -0.4 is 15.5 Å². The van der Waals surface area contributed by atoms with E-state index in [1.807, 2.05) is 6.07 Å². The number of carbonyl (C=O) groups is 2. The minimum Gasteiger partial charge on any atom is -0.372 e. The third kappa shape index (κ3) is 5.09. The predicted molar refractivity (Wildman–Crippen MR) is 106 cm³/mol. The summed E-state index contributed by atoms with van der Waals surface area (Å²) in [6, 6.07) is 15.7. The second-order valence-electron chi connectivity index (χ2n) is 6.67. The lowest BCUT2D eigenvalue weighted by atomic mass is 10.1. The SMILES string of the molecule is CC(=O)Nc1cccc(NC(=O)CCc2ccc(N3CCCC3)cc2)c1. The monoisotopic (exact) mass is 351 g/mol. The van der Waals surface area contributed by atoms with Gasteiger partial charge in [-0.1, -0.05) is 18.2 Å². The Hall–Kier alpha value is -2.82. The summed E-state index contributed by atoms with van der Waals surface area (Å²) < 4.78 is 0. The molecule has 0 aromatic heterocycles. The Labute approximate surface area is 154 Å². The number of nitrogens with one attached hydrogen (secondary N) is 2. The highest BCUT2D eigenvalue weighted by atomic mass is 16.2. The summed E-state index contributed by atoms with van der Waals surface area (Å²) in [6.07, 6.45) is 3.67. The molecule has 2 aromatic rings. The van der Waals surface area contributed by atoms with E-state index in [0.717, 1.165) is 18.7 Å². The third-order valence-electron chi connectivity index (χ3n) is 4.51. The van der Waals surface area contributed by atoms with Crippen molar-refractivity contribution in [3.05, 3.63) is 54.1 Å². The summed E-state index contributed by atoms with van der Waals surface area (Å²) in [6.45, 7) is 3.73. The fourth-order valence-electron chi connectivity index (χ4n) is 3.21. The fourth-order valence-corrected chi connectivity index (χ4v) is 3.21. The minimum absolute atomic E-state index is 0.0337. The number of benzene rings is 2. The van der Waals surface area contributed by atoms with Gasteiger partial charge in [0.2, 0.25) is 11.8 Å². The molecule has 1 aliphatic rings. The highest BCUT2D eigenvalue weighted by Gasteiger charge is 2.12. The van der Waals surface area contributed by atoms with Crippen LogP contribution in [0.25, 0.3) is 0 Å². The Morgan fingerprint density at radius 3 is 2.27 bits per heavy atom.